The summed E-state index contributed by atoms with van der Waals surface area (Å²) in [5, 5.41) is 10.2. The minimum absolute atomic E-state index is 0.0427. The van der Waals surface area contributed by atoms with Crippen LogP contribution in [0.1, 0.15) is 41.6 Å². The van der Waals surface area contributed by atoms with Crippen LogP contribution < -0.4 is 14.2 Å². The van der Waals surface area contributed by atoms with Crippen molar-refractivity contribution in [1.29, 1.82) is 0 Å². The van der Waals surface area contributed by atoms with Crippen LogP contribution in [0.5, 0.6) is 17.2 Å². The quantitative estimate of drug-likeness (QED) is 0.144. The number of carbonyl (C=O) groups is 1. The Morgan fingerprint density at radius 1 is 0.952 bits per heavy atom. The van der Waals surface area contributed by atoms with Gasteiger partial charge in [0.15, 0.2) is 0 Å². The second-order valence-electron chi connectivity index (χ2n) is 10.1. The minimum atomic E-state index is -4.61. The second-order valence-corrected chi connectivity index (χ2v) is 10.1. The Hall–Kier alpha value is -4.60. The van der Waals surface area contributed by atoms with Gasteiger partial charge in [-0.3, -0.25) is 0 Å². The molecule has 1 aliphatic rings. The molecule has 0 atom stereocenters. The molecule has 42 heavy (non-hydrogen) atoms. The van der Waals surface area contributed by atoms with Crippen molar-refractivity contribution in [2.75, 3.05) is 7.11 Å². The van der Waals surface area contributed by atoms with E-state index in [1.807, 2.05) is 0 Å². The van der Waals surface area contributed by atoms with Gasteiger partial charge in [-0.15, -0.1) is 0 Å². The topological polar surface area (TPSA) is 77.9 Å². The maximum absolute atomic E-state index is 13.3. The van der Waals surface area contributed by atoms with Crippen LogP contribution in [0.15, 0.2) is 72.3 Å². The predicted molar refractivity (Wildman–Crippen MR) is 148 cm³/mol. The van der Waals surface area contributed by atoms with Crippen LogP contribution in [-0.4, -0.2) is 23.2 Å². The lowest BCUT2D eigenvalue weighted by molar-refractivity contribution is -0.141. The fourth-order valence-electron chi connectivity index (χ4n) is 4.44. The van der Waals surface area contributed by atoms with E-state index in [0.29, 0.717) is 40.4 Å². The lowest BCUT2D eigenvalue weighted by Crippen LogP contribution is -2.08. The van der Waals surface area contributed by atoms with Crippen LogP contribution in [0, 0.1) is 11.7 Å². The molecule has 0 amide bonds. The Balaban J connectivity index is 1.39. The number of methoxy groups -OCH3 is 1. The molecule has 1 N–H and O–H groups in total. The first-order valence-electron chi connectivity index (χ1n) is 13.2. The third-order valence-corrected chi connectivity index (χ3v) is 6.85. The number of hydrogen-bond acceptors (Lipinski definition) is 5. The molecule has 218 valence electrons. The van der Waals surface area contributed by atoms with Gasteiger partial charge in [-0.05, 0) is 84.8 Å². The highest BCUT2D eigenvalue weighted by molar-refractivity contribution is 5.93. The summed E-state index contributed by atoms with van der Waals surface area (Å²) < 4.78 is 70.1. The number of ether oxygens (including phenoxy) is 3. The molecular formula is C32H27F4NO5. The van der Waals surface area contributed by atoms with Gasteiger partial charge in [0, 0.05) is 22.6 Å². The van der Waals surface area contributed by atoms with Gasteiger partial charge in [0.25, 0.3) is 0 Å². The van der Waals surface area contributed by atoms with E-state index in [2.05, 4.69) is 4.98 Å². The number of aromatic nitrogens is 1. The minimum Gasteiger partial charge on any atom is -0.496 e. The Bertz CT molecular complexity index is 1630. The molecule has 3 aromatic carbocycles. The fourth-order valence-corrected chi connectivity index (χ4v) is 4.44. The standard InChI is InChI=1S/C32H27F4NO5/c1-40-29-16-30(32(34,35)36)37-27-10-6-21(13-26(27)29)18-41-25-9-11-28(42-17-20-4-7-24(33)8-5-20)22(15-25)14-23(31(38)39)12-19-2-3-19/h4-11,13-16,19H,2-3,12,17-18H2,1H3,(H,38,39)/b23-14+. The second kappa shape index (κ2) is 12.1. The SMILES string of the molecule is COc1cc(C(F)(F)F)nc2ccc(COc3ccc(OCc4ccc(F)cc4)c(/C=C(\CC4CC4)C(=O)O)c3)cc12. The molecule has 0 aliphatic heterocycles. The van der Waals surface area contributed by atoms with E-state index in [4.69, 9.17) is 14.2 Å². The molecule has 0 unspecified atom stereocenters. The summed E-state index contributed by atoms with van der Waals surface area (Å²) in [4.78, 5) is 15.7. The van der Waals surface area contributed by atoms with Crippen LogP contribution in [0.2, 0.25) is 0 Å². The molecule has 0 bridgehead atoms. The lowest BCUT2D eigenvalue weighted by Gasteiger charge is -2.14. The molecule has 10 heteroatoms. The Kier molecular flexibility index (Phi) is 8.33. The zero-order chi connectivity index (χ0) is 29.9. The van der Waals surface area contributed by atoms with Crippen molar-refractivity contribution in [1.82, 2.24) is 4.98 Å². The number of aliphatic carboxylic acids is 1. The molecule has 5 rings (SSSR count). The molecule has 0 radical (unpaired) electrons. The van der Waals surface area contributed by atoms with Gasteiger partial charge >= 0.3 is 12.1 Å². The molecule has 1 aromatic heterocycles. The van der Waals surface area contributed by atoms with E-state index in [9.17, 15) is 27.5 Å². The molecule has 1 aliphatic carbocycles. The summed E-state index contributed by atoms with van der Waals surface area (Å²) in [6.45, 7) is 0.224. The maximum Gasteiger partial charge on any atom is 0.433 e. The molecule has 1 saturated carbocycles. The molecule has 0 saturated heterocycles. The van der Waals surface area contributed by atoms with Crippen LogP contribution in [-0.2, 0) is 24.2 Å². The van der Waals surface area contributed by atoms with Gasteiger partial charge in [0.2, 0.25) is 0 Å². The van der Waals surface area contributed by atoms with E-state index in [1.165, 1.54) is 25.3 Å². The number of alkyl halides is 3. The van der Waals surface area contributed by atoms with Gasteiger partial charge < -0.3 is 19.3 Å². The molecule has 1 fully saturated rings. The Morgan fingerprint density at radius 2 is 1.67 bits per heavy atom. The predicted octanol–water partition coefficient (Wildman–Crippen LogP) is 7.83. The van der Waals surface area contributed by atoms with Crippen LogP contribution in [0.4, 0.5) is 17.6 Å². The van der Waals surface area contributed by atoms with E-state index in [1.54, 1.807) is 48.5 Å². The maximum atomic E-state index is 13.3. The highest BCUT2D eigenvalue weighted by Gasteiger charge is 2.33. The van der Waals surface area contributed by atoms with Crippen LogP contribution in [0.3, 0.4) is 0 Å². The average molecular weight is 582 g/mol. The zero-order valence-electron chi connectivity index (χ0n) is 22.6. The highest BCUT2D eigenvalue weighted by atomic mass is 19.4. The summed E-state index contributed by atoms with van der Waals surface area (Å²) in [5.41, 5.74) is 1.27. The number of rotatable bonds is 11. The fraction of sp³-hybridized carbons (Fsp3) is 0.250. The third-order valence-electron chi connectivity index (χ3n) is 6.85. The average Bonchev–Trinajstić information content (AvgIpc) is 3.79. The van der Waals surface area contributed by atoms with Crippen molar-refractivity contribution >= 4 is 22.9 Å². The molecular weight excluding hydrogens is 554 g/mol. The Labute approximate surface area is 239 Å². The Morgan fingerprint density at radius 3 is 2.33 bits per heavy atom. The first kappa shape index (κ1) is 28.9. The first-order chi connectivity index (χ1) is 20.1. The smallest absolute Gasteiger partial charge is 0.433 e. The summed E-state index contributed by atoms with van der Waals surface area (Å²) in [6, 6.07) is 16.5. The highest BCUT2D eigenvalue weighted by Crippen LogP contribution is 2.37. The van der Waals surface area contributed by atoms with Crippen molar-refractivity contribution in [2.45, 2.75) is 38.7 Å². The van der Waals surface area contributed by atoms with Gasteiger partial charge in [-0.25, -0.2) is 14.2 Å². The normalized spacial score (nSPS) is 13.7. The first-order valence-corrected chi connectivity index (χ1v) is 13.2. The number of benzene rings is 3. The van der Waals surface area contributed by atoms with Crippen LogP contribution in [0.25, 0.3) is 17.0 Å². The van der Waals surface area contributed by atoms with E-state index in [0.717, 1.165) is 24.5 Å². The molecule has 6 nitrogen and oxygen atoms in total. The number of carboxylic acids is 1. The van der Waals surface area contributed by atoms with Gasteiger partial charge in [0.05, 0.1) is 12.6 Å². The molecule has 4 aromatic rings. The van der Waals surface area contributed by atoms with Crippen molar-refractivity contribution < 1.29 is 41.7 Å². The summed E-state index contributed by atoms with van der Waals surface area (Å²) in [6.07, 6.45) is -0.598. The number of carboxylic acid groups (broad SMARTS) is 1. The summed E-state index contributed by atoms with van der Waals surface area (Å²) in [7, 11) is 1.29. The van der Waals surface area contributed by atoms with E-state index in [-0.39, 0.29) is 35.9 Å². The zero-order valence-corrected chi connectivity index (χ0v) is 22.6. The van der Waals surface area contributed by atoms with Gasteiger partial charge in [-0.1, -0.05) is 18.2 Å². The van der Waals surface area contributed by atoms with Crippen LogP contribution >= 0.6 is 0 Å². The van der Waals surface area contributed by atoms with Gasteiger partial charge in [-0.2, -0.15) is 13.2 Å². The lowest BCUT2D eigenvalue weighted by atomic mass is 10.0. The van der Waals surface area contributed by atoms with E-state index >= 15 is 0 Å². The van der Waals surface area contributed by atoms with Crippen molar-refractivity contribution in [3.05, 3.63) is 101 Å². The summed E-state index contributed by atoms with van der Waals surface area (Å²) in [5.74, 6) is -0.109. The number of halogens is 4. The third kappa shape index (κ3) is 7.18. The van der Waals surface area contributed by atoms with Crippen molar-refractivity contribution in [3.8, 4) is 17.2 Å². The number of pyridine rings is 1. The van der Waals surface area contributed by atoms with E-state index < -0.39 is 17.8 Å². The molecule has 0 spiro atoms. The largest absolute Gasteiger partial charge is 0.496 e. The van der Waals surface area contributed by atoms with Crippen molar-refractivity contribution in [2.24, 2.45) is 5.92 Å². The number of nitrogens with zero attached hydrogens (tertiary/aromatic N) is 1. The number of fused-ring (bicyclic) bond motifs is 1. The number of hydrogen-bond donors (Lipinski definition) is 1. The summed E-state index contributed by atoms with van der Waals surface area (Å²) >= 11 is 0. The monoisotopic (exact) mass is 581 g/mol. The van der Waals surface area contributed by atoms with Gasteiger partial charge in [0.1, 0.15) is 42.0 Å². The van der Waals surface area contributed by atoms with Crippen molar-refractivity contribution in [3.63, 3.8) is 0 Å². The molecule has 1 heterocycles.